The zero-order valence-corrected chi connectivity index (χ0v) is 20.4. The minimum Gasteiger partial charge on any atom is -1.00 e. The van der Waals surface area contributed by atoms with Crippen molar-refractivity contribution in [2.24, 2.45) is 0 Å². The summed E-state index contributed by atoms with van der Waals surface area (Å²) in [6.45, 7) is 7.22. The van der Waals surface area contributed by atoms with E-state index in [0.717, 1.165) is 0 Å². The van der Waals surface area contributed by atoms with Gasteiger partial charge in [0.25, 0.3) is 0 Å². The number of rotatable bonds is 2. The minimum atomic E-state index is -0.741. The molecule has 26 heavy (non-hydrogen) atoms. The van der Waals surface area contributed by atoms with Crippen molar-refractivity contribution in [1.82, 2.24) is 0 Å². The number of benzene rings is 3. The molecular weight excluding hydrogens is 454 g/mol. The summed E-state index contributed by atoms with van der Waals surface area (Å²) in [6, 6.07) is 22.3. The van der Waals surface area contributed by atoms with Crippen LogP contribution in [-0.2, 0) is 26.2 Å². The van der Waals surface area contributed by atoms with Crippen LogP contribution in [0.2, 0.25) is 13.1 Å². The van der Waals surface area contributed by atoms with E-state index in [-0.39, 0.29) is 51.0 Å². The van der Waals surface area contributed by atoms with Gasteiger partial charge in [0.05, 0.1) is 0 Å². The summed E-state index contributed by atoms with van der Waals surface area (Å²) in [4.78, 5) is 0. The maximum Gasteiger partial charge on any atom is 2.00 e. The summed E-state index contributed by atoms with van der Waals surface area (Å²) in [5, 5.41) is 2.62. The van der Waals surface area contributed by atoms with Gasteiger partial charge >= 0.3 is 26.2 Å². The molecule has 3 aromatic carbocycles. The Hall–Kier alpha value is -0.660. The SMILES string of the molecule is CC1=Cc2c(-c3ccc4ccccc4c3)cccc2C1[SiH](C)C.[Cl-].[Cl-].[Zr+2]. The molecule has 0 bridgehead atoms. The molecule has 1 atom stereocenters. The van der Waals surface area contributed by atoms with E-state index in [9.17, 15) is 0 Å². The Morgan fingerprint density at radius 1 is 0.808 bits per heavy atom. The van der Waals surface area contributed by atoms with Crippen LogP contribution in [0.15, 0.2) is 66.2 Å². The number of hydrogen-bond donors (Lipinski definition) is 0. The molecule has 0 heterocycles. The molecule has 0 spiro atoms. The standard InChI is InChI=1S/C22H22Si.2ClH.Zr/c1-15-13-21-19(9-6-10-20(21)22(15)23(2)3)18-12-11-16-7-4-5-8-17(16)14-18;;;/h4-14,22-23H,1-3H3;2*1H;/q;;;+2/p-2. The van der Waals surface area contributed by atoms with Crippen LogP contribution < -0.4 is 24.8 Å². The molecule has 0 N–H and O–H groups in total. The first-order valence-corrected chi connectivity index (χ1v) is 11.4. The van der Waals surface area contributed by atoms with Gasteiger partial charge in [0, 0.05) is 8.80 Å². The summed E-state index contributed by atoms with van der Waals surface area (Å²) < 4.78 is 0. The fraction of sp³-hybridized carbons (Fsp3) is 0.182. The van der Waals surface area contributed by atoms with Crippen LogP contribution in [0.4, 0.5) is 0 Å². The molecule has 1 aliphatic rings. The monoisotopic (exact) mass is 474 g/mol. The minimum absolute atomic E-state index is 0. The third-order valence-corrected chi connectivity index (χ3v) is 7.28. The van der Waals surface area contributed by atoms with Crippen LogP contribution in [-0.4, -0.2) is 8.80 Å². The van der Waals surface area contributed by atoms with Gasteiger partial charge in [-0.15, -0.1) is 0 Å². The van der Waals surface area contributed by atoms with Gasteiger partial charge in [-0.3, -0.25) is 0 Å². The first-order valence-electron chi connectivity index (χ1n) is 8.45. The molecule has 132 valence electrons. The van der Waals surface area contributed by atoms with E-state index in [1.54, 1.807) is 11.1 Å². The molecule has 0 saturated heterocycles. The molecule has 0 nitrogen and oxygen atoms in total. The van der Waals surface area contributed by atoms with Gasteiger partial charge in [-0.05, 0) is 51.6 Å². The molecule has 0 saturated carbocycles. The first-order chi connectivity index (χ1) is 11.1. The Morgan fingerprint density at radius 2 is 1.50 bits per heavy atom. The van der Waals surface area contributed by atoms with Gasteiger partial charge in [-0.1, -0.05) is 79.3 Å². The summed E-state index contributed by atoms with van der Waals surface area (Å²) in [5.41, 5.74) is 7.96. The van der Waals surface area contributed by atoms with Crippen LogP contribution in [0.5, 0.6) is 0 Å². The zero-order valence-electron chi connectivity index (χ0n) is 15.3. The zero-order chi connectivity index (χ0) is 16.0. The Kier molecular flexibility index (Phi) is 8.55. The average molecular weight is 477 g/mol. The predicted molar refractivity (Wildman–Crippen MR) is 105 cm³/mol. The molecule has 1 unspecified atom stereocenters. The summed E-state index contributed by atoms with van der Waals surface area (Å²) in [6.07, 6.45) is 2.43. The fourth-order valence-electron chi connectivity index (χ4n) is 4.07. The molecule has 4 rings (SSSR count). The second kappa shape index (κ2) is 9.51. The predicted octanol–water partition coefficient (Wildman–Crippen LogP) is 0.0387. The Labute approximate surface area is 189 Å². The van der Waals surface area contributed by atoms with Crippen LogP contribution in [0.1, 0.15) is 23.6 Å². The summed E-state index contributed by atoms with van der Waals surface area (Å²) in [7, 11) is -0.741. The maximum absolute atomic E-state index is 2.46. The second-order valence-corrected chi connectivity index (χ2v) is 10.1. The third kappa shape index (κ3) is 4.09. The van der Waals surface area contributed by atoms with Gasteiger partial charge in [0.2, 0.25) is 0 Å². The molecular formula is C22H22Cl2SiZr. The van der Waals surface area contributed by atoms with E-state index < -0.39 is 8.80 Å². The molecule has 4 heteroatoms. The second-order valence-electron chi connectivity index (χ2n) is 6.98. The molecule has 3 aromatic rings. The Morgan fingerprint density at radius 3 is 2.19 bits per heavy atom. The summed E-state index contributed by atoms with van der Waals surface area (Å²) in [5.74, 6) is 0. The van der Waals surface area contributed by atoms with Crippen molar-refractivity contribution in [3.05, 3.63) is 77.4 Å². The van der Waals surface area contributed by atoms with Gasteiger partial charge in [-0.2, -0.15) is 0 Å². The normalized spacial score (nSPS) is 14.8. The Balaban J connectivity index is 0.00000113. The van der Waals surface area contributed by atoms with Gasteiger partial charge < -0.3 is 24.8 Å². The van der Waals surface area contributed by atoms with Crippen molar-refractivity contribution in [1.29, 1.82) is 0 Å². The van der Waals surface area contributed by atoms with Crippen molar-refractivity contribution in [2.45, 2.75) is 25.6 Å². The van der Waals surface area contributed by atoms with E-state index in [0.29, 0.717) is 5.54 Å². The molecule has 0 fully saturated rings. The number of allylic oxidation sites excluding steroid dienone is 1. The number of halogens is 2. The Bertz CT molecular complexity index is 934. The van der Waals surface area contributed by atoms with Crippen molar-refractivity contribution in [3.63, 3.8) is 0 Å². The fourth-order valence-corrected chi connectivity index (χ4v) is 6.23. The third-order valence-electron chi connectivity index (χ3n) is 5.06. The summed E-state index contributed by atoms with van der Waals surface area (Å²) >= 11 is 0. The van der Waals surface area contributed by atoms with Crippen LogP contribution in [0.25, 0.3) is 28.0 Å². The van der Waals surface area contributed by atoms with E-state index >= 15 is 0 Å². The van der Waals surface area contributed by atoms with Crippen LogP contribution in [0, 0.1) is 0 Å². The van der Waals surface area contributed by atoms with E-state index in [4.69, 9.17) is 0 Å². The van der Waals surface area contributed by atoms with Crippen molar-refractivity contribution < 1.29 is 51.0 Å². The number of fused-ring (bicyclic) bond motifs is 2. The smallest absolute Gasteiger partial charge is 1.00 e. The molecule has 0 radical (unpaired) electrons. The average Bonchev–Trinajstić information content (AvgIpc) is 2.90. The largest absolute Gasteiger partial charge is 2.00 e. The molecule has 0 aromatic heterocycles. The van der Waals surface area contributed by atoms with Crippen molar-refractivity contribution >= 4 is 25.6 Å². The maximum atomic E-state index is 2.46. The topological polar surface area (TPSA) is 0 Å². The van der Waals surface area contributed by atoms with Gasteiger partial charge in [0.1, 0.15) is 0 Å². The molecule has 0 aliphatic heterocycles. The molecule has 1 aliphatic carbocycles. The van der Waals surface area contributed by atoms with Crippen molar-refractivity contribution in [3.8, 4) is 11.1 Å². The quantitative estimate of drug-likeness (QED) is 0.459. The number of hydrogen-bond acceptors (Lipinski definition) is 0. The van der Waals surface area contributed by atoms with Crippen molar-refractivity contribution in [2.75, 3.05) is 0 Å². The first kappa shape index (κ1) is 23.4. The van der Waals surface area contributed by atoms with Gasteiger partial charge in [0.15, 0.2) is 0 Å². The van der Waals surface area contributed by atoms with E-state index in [1.165, 1.54) is 27.5 Å². The molecule has 0 amide bonds. The van der Waals surface area contributed by atoms with E-state index in [2.05, 4.69) is 86.8 Å². The van der Waals surface area contributed by atoms with E-state index in [1.807, 2.05) is 0 Å². The van der Waals surface area contributed by atoms with Crippen LogP contribution in [0.3, 0.4) is 0 Å². The van der Waals surface area contributed by atoms with Crippen LogP contribution >= 0.6 is 0 Å². The van der Waals surface area contributed by atoms with Gasteiger partial charge in [-0.25, -0.2) is 0 Å².